The fraction of sp³-hybridized carbons (Fsp3) is 0.261. The third-order valence-corrected chi connectivity index (χ3v) is 8.36. The molecule has 0 unspecified atom stereocenters. The van der Waals surface area contributed by atoms with Gasteiger partial charge >= 0.3 is 0 Å². The summed E-state index contributed by atoms with van der Waals surface area (Å²) in [5.74, 6) is 0.0821. The predicted octanol–water partition coefficient (Wildman–Crippen LogP) is 4.29. The molecule has 0 aliphatic rings. The minimum absolute atomic E-state index is 0.0293. The highest BCUT2D eigenvalue weighted by atomic mass is 32.2. The van der Waals surface area contributed by atoms with Gasteiger partial charge in [0.15, 0.2) is 0 Å². The predicted molar refractivity (Wildman–Crippen MR) is 132 cm³/mol. The number of benzene rings is 2. The molecule has 2 N–H and O–H groups in total. The number of aromatic amines is 1. The number of amides is 1. The summed E-state index contributed by atoms with van der Waals surface area (Å²) in [6, 6.07) is 12.6. The van der Waals surface area contributed by atoms with Crippen LogP contribution in [0.3, 0.4) is 0 Å². The molecular weight excluding hydrogens is 474 g/mol. The molecule has 34 heavy (non-hydrogen) atoms. The van der Waals surface area contributed by atoms with Crippen LogP contribution in [0.2, 0.25) is 0 Å². The zero-order valence-corrected chi connectivity index (χ0v) is 20.7. The third-order valence-electron chi connectivity index (χ3n) is 5.35. The second kappa shape index (κ2) is 10.00. The van der Waals surface area contributed by atoms with E-state index < -0.39 is 10.0 Å². The Morgan fingerprint density at radius 2 is 1.91 bits per heavy atom. The Morgan fingerprint density at radius 3 is 2.68 bits per heavy atom. The van der Waals surface area contributed by atoms with Crippen LogP contribution in [0.1, 0.15) is 19.4 Å². The normalized spacial score (nSPS) is 11.9. The standard InChI is InChI=1S/C23H25N5O4S2/c1-4-28(5-2)34(30,31)20-12-16(11-10-15(20)3)25-21(29)14-33-23-27-26-22(32-23)18-13-24-19-9-7-6-8-17(18)19/h6-13,24H,4-5,14H2,1-3H3,(H,25,29). The van der Waals surface area contributed by atoms with Crippen molar-refractivity contribution in [2.45, 2.75) is 30.9 Å². The molecule has 2 heterocycles. The van der Waals surface area contributed by atoms with E-state index in [0.717, 1.165) is 28.2 Å². The highest BCUT2D eigenvalue weighted by Gasteiger charge is 2.24. The maximum atomic E-state index is 12.9. The summed E-state index contributed by atoms with van der Waals surface area (Å²) in [7, 11) is -3.64. The highest BCUT2D eigenvalue weighted by molar-refractivity contribution is 7.99. The molecule has 0 atom stereocenters. The van der Waals surface area contributed by atoms with E-state index in [1.165, 1.54) is 10.4 Å². The first-order valence-electron chi connectivity index (χ1n) is 10.8. The minimum atomic E-state index is -3.64. The smallest absolute Gasteiger partial charge is 0.277 e. The van der Waals surface area contributed by atoms with Gasteiger partial charge in [-0.15, -0.1) is 10.2 Å². The molecule has 11 heteroatoms. The number of para-hydroxylation sites is 1. The van der Waals surface area contributed by atoms with E-state index >= 15 is 0 Å². The number of rotatable bonds is 9. The van der Waals surface area contributed by atoms with Crippen LogP contribution >= 0.6 is 11.8 Å². The number of hydrogen-bond acceptors (Lipinski definition) is 7. The number of sulfonamides is 1. The number of aryl methyl sites for hydroxylation is 1. The van der Waals surface area contributed by atoms with Crippen LogP contribution in [0.5, 0.6) is 0 Å². The van der Waals surface area contributed by atoms with Gasteiger partial charge in [-0.3, -0.25) is 4.79 Å². The van der Waals surface area contributed by atoms with Crippen LogP contribution in [0, 0.1) is 6.92 Å². The molecule has 0 fully saturated rings. The first-order valence-corrected chi connectivity index (χ1v) is 13.2. The summed E-state index contributed by atoms with van der Waals surface area (Å²) in [5.41, 5.74) is 2.78. The third kappa shape index (κ3) is 4.86. The Labute approximate surface area is 202 Å². The molecule has 0 aliphatic heterocycles. The molecule has 178 valence electrons. The van der Waals surface area contributed by atoms with Crippen LogP contribution < -0.4 is 5.32 Å². The maximum absolute atomic E-state index is 12.9. The molecular formula is C23H25N5O4S2. The first kappa shape index (κ1) is 24.0. The Balaban J connectivity index is 1.42. The molecule has 0 spiro atoms. The van der Waals surface area contributed by atoms with E-state index in [-0.39, 0.29) is 21.8 Å². The summed E-state index contributed by atoms with van der Waals surface area (Å²) in [6.07, 6.45) is 1.81. The van der Waals surface area contributed by atoms with E-state index in [1.807, 2.05) is 24.3 Å². The van der Waals surface area contributed by atoms with Crippen LogP contribution in [0.4, 0.5) is 5.69 Å². The molecule has 2 aromatic carbocycles. The van der Waals surface area contributed by atoms with Crippen LogP contribution in [-0.2, 0) is 14.8 Å². The molecule has 0 radical (unpaired) electrons. The average molecular weight is 500 g/mol. The van der Waals surface area contributed by atoms with E-state index in [4.69, 9.17) is 4.42 Å². The average Bonchev–Trinajstić information content (AvgIpc) is 3.46. The van der Waals surface area contributed by atoms with Crippen LogP contribution in [0.25, 0.3) is 22.4 Å². The second-order valence-electron chi connectivity index (χ2n) is 7.53. The summed E-state index contributed by atoms with van der Waals surface area (Å²) in [4.78, 5) is 15.8. The van der Waals surface area contributed by atoms with Crippen LogP contribution in [-0.4, -0.2) is 52.7 Å². The molecule has 4 aromatic rings. The summed E-state index contributed by atoms with van der Waals surface area (Å²) < 4.78 is 33.0. The molecule has 0 bridgehead atoms. The number of carbonyl (C=O) groups excluding carboxylic acids is 1. The Morgan fingerprint density at radius 1 is 1.15 bits per heavy atom. The van der Waals surface area contributed by atoms with Crippen molar-refractivity contribution < 1.29 is 17.6 Å². The van der Waals surface area contributed by atoms with Gasteiger partial charge in [-0.1, -0.05) is 49.9 Å². The van der Waals surface area contributed by atoms with E-state index in [1.54, 1.807) is 39.1 Å². The Hall–Kier alpha value is -3.15. The number of carbonyl (C=O) groups is 1. The zero-order valence-electron chi connectivity index (χ0n) is 19.0. The van der Waals surface area contributed by atoms with Gasteiger partial charge in [-0.2, -0.15) is 4.31 Å². The highest BCUT2D eigenvalue weighted by Crippen LogP contribution is 2.29. The van der Waals surface area contributed by atoms with E-state index in [0.29, 0.717) is 30.2 Å². The number of H-pyrrole nitrogens is 1. The lowest BCUT2D eigenvalue weighted by molar-refractivity contribution is -0.113. The van der Waals surface area contributed by atoms with Gasteiger partial charge in [0.05, 0.1) is 16.2 Å². The van der Waals surface area contributed by atoms with E-state index in [9.17, 15) is 13.2 Å². The summed E-state index contributed by atoms with van der Waals surface area (Å²) in [5, 5.41) is 12.1. The summed E-state index contributed by atoms with van der Waals surface area (Å²) in [6.45, 7) is 6.06. The molecule has 0 saturated heterocycles. The van der Waals surface area contributed by atoms with Gasteiger partial charge in [0, 0.05) is 35.9 Å². The lowest BCUT2D eigenvalue weighted by atomic mass is 10.2. The number of fused-ring (bicyclic) bond motifs is 1. The second-order valence-corrected chi connectivity index (χ2v) is 10.4. The lowest BCUT2D eigenvalue weighted by Crippen LogP contribution is -2.31. The fourth-order valence-electron chi connectivity index (χ4n) is 3.61. The summed E-state index contributed by atoms with van der Waals surface area (Å²) >= 11 is 1.11. The molecule has 4 rings (SSSR count). The van der Waals surface area contributed by atoms with Crippen molar-refractivity contribution in [1.82, 2.24) is 19.5 Å². The van der Waals surface area contributed by atoms with Gasteiger partial charge < -0.3 is 14.7 Å². The lowest BCUT2D eigenvalue weighted by Gasteiger charge is -2.20. The number of nitrogens with zero attached hydrogens (tertiary/aromatic N) is 3. The Kier molecular flexibility index (Phi) is 7.05. The quantitative estimate of drug-likeness (QED) is 0.330. The molecule has 0 saturated carbocycles. The van der Waals surface area contributed by atoms with Crippen molar-refractivity contribution >= 4 is 44.3 Å². The van der Waals surface area contributed by atoms with Crippen molar-refractivity contribution in [2.24, 2.45) is 0 Å². The zero-order chi connectivity index (χ0) is 24.3. The van der Waals surface area contributed by atoms with Crippen molar-refractivity contribution in [2.75, 3.05) is 24.2 Å². The van der Waals surface area contributed by atoms with Gasteiger partial charge in [-0.25, -0.2) is 8.42 Å². The van der Waals surface area contributed by atoms with Crippen molar-refractivity contribution in [3.8, 4) is 11.5 Å². The van der Waals surface area contributed by atoms with Crippen molar-refractivity contribution in [1.29, 1.82) is 0 Å². The largest absolute Gasteiger partial charge is 0.411 e. The van der Waals surface area contributed by atoms with Crippen molar-refractivity contribution in [3.63, 3.8) is 0 Å². The van der Waals surface area contributed by atoms with Gasteiger partial charge in [0.25, 0.3) is 11.1 Å². The number of nitrogens with one attached hydrogen (secondary N) is 2. The molecule has 9 nitrogen and oxygen atoms in total. The van der Waals surface area contributed by atoms with Crippen LogP contribution in [0.15, 0.2) is 63.2 Å². The fourth-order valence-corrected chi connectivity index (χ4v) is 5.88. The topological polar surface area (TPSA) is 121 Å². The van der Waals surface area contributed by atoms with Gasteiger partial charge in [0.2, 0.25) is 15.9 Å². The number of anilines is 1. The maximum Gasteiger partial charge on any atom is 0.277 e. The molecule has 1 amide bonds. The number of thioether (sulfide) groups is 1. The van der Waals surface area contributed by atoms with Crippen molar-refractivity contribution in [3.05, 3.63) is 54.2 Å². The SMILES string of the molecule is CCN(CC)S(=O)(=O)c1cc(NC(=O)CSc2nnc(-c3c[nH]c4ccccc34)o2)ccc1C. The monoisotopic (exact) mass is 499 g/mol. The Bertz CT molecular complexity index is 1420. The minimum Gasteiger partial charge on any atom is -0.411 e. The number of aromatic nitrogens is 3. The van der Waals surface area contributed by atoms with E-state index in [2.05, 4.69) is 20.5 Å². The molecule has 2 aromatic heterocycles. The number of hydrogen-bond donors (Lipinski definition) is 2. The molecule has 0 aliphatic carbocycles. The van der Waals surface area contributed by atoms with Gasteiger partial charge in [0.1, 0.15) is 0 Å². The van der Waals surface area contributed by atoms with Gasteiger partial charge in [-0.05, 0) is 30.7 Å². The first-order chi connectivity index (χ1) is 16.3.